The largest absolute Gasteiger partial charge is 0.384 e. The highest BCUT2D eigenvalue weighted by Gasteiger charge is 2.22. The Kier molecular flexibility index (Phi) is 4.22. The molecule has 2 aromatic carbocycles. The van der Waals surface area contributed by atoms with E-state index in [2.05, 4.69) is 21.2 Å². The zero-order valence-electron chi connectivity index (χ0n) is 10.5. The molecule has 2 nitrogen and oxygen atoms in total. The fourth-order valence-electron chi connectivity index (χ4n) is 1.80. The van der Waals surface area contributed by atoms with Crippen molar-refractivity contribution in [1.82, 2.24) is 0 Å². The van der Waals surface area contributed by atoms with Gasteiger partial charge in [-0.1, -0.05) is 30.3 Å². The molecule has 0 aliphatic heterocycles. The van der Waals surface area contributed by atoms with Gasteiger partial charge in [0.05, 0.1) is 5.69 Å². The zero-order chi connectivity index (χ0) is 13.9. The van der Waals surface area contributed by atoms with Crippen molar-refractivity contribution in [3.05, 3.63) is 64.4 Å². The first-order valence-corrected chi connectivity index (χ1v) is 6.75. The van der Waals surface area contributed by atoms with Crippen LogP contribution in [0.2, 0.25) is 0 Å². The first kappa shape index (κ1) is 14.0. The highest BCUT2D eigenvalue weighted by Crippen LogP contribution is 2.26. The third kappa shape index (κ3) is 3.55. The molecule has 19 heavy (non-hydrogen) atoms. The maximum absolute atomic E-state index is 13.2. The number of halogens is 2. The fraction of sp³-hybridized carbons (Fsp3) is 0.200. The highest BCUT2D eigenvalue weighted by atomic mass is 79.9. The quantitative estimate of drug-likeness (QED) is 0.894. The van der Waals surface area contributed by atoms with Crippen molar-refractivity contribution in [3.8, 4) is 0 Å². The van der Waals surface area contributed by atoms with Crippen molar-refractivity contribution in [2.75, 3.05) is 11.9 Å². The molecule has 2 N–H and O–H groups in total. The second-order valence-electron chi connectivity index (χ2n) is 4.62. The minimum atomic E-state index is -1.02. The number of anilines is 1. The fourth-order valence-corrected chi connectivity index (χ4v) is 2.19. The lowest BCUT2D eigenvalue weighted by Gasteiger charge is -2.25. The predicted molar refractivity (Wildman–Crippen MR) is 78.6 cm³/mol. The van der Waals surface area contributed by atoms with Gasteiger partial charge in [-0.2, -0.15) is 0 Å². The van der Waals surface area contributed by atoms with E-state index in [1.807, 2.05) is 30.3 Å². The van der Waals surface area contributed by atoms with Crippen LogP contribution in [0.1, 0.15) is 12.5 Å². The summed E-state index contributed by atoms with van der Waals surface area (Å²) in [6.45, 7) is 2.02. The van der Waals surface area contributed by atoms with Crippen LogP contribution in [0.3, 0.4) is 0 Å². The minimum Gasteiger partial charge on any atom is -0.384 e. The number of hydrogen-bond acceptors (Lipinski definition) is 2. The molecule has 0 amide bonds. The third-order valence-corrected chi connectivity index (χ3v) is 3.64. The summed E-state index contributed by atoms with van der Waals surface area (Å²) < 4.78 is 13.9. The molecule has 0 aromatic heterocycles. The van der Waals surface area contributed by atoms with Crippen molar-refractivity contribution >= 4 is 21.6 Å². The first-order valence-electron chi connectivity index (χ1n) is 5.96. The molecule has 0 radical (unpaired) electrons. The van der Waals surface area contributed by atoms with Crippen LogP contribution in [0.25, 0.3) is 0 Å². The van der Waals surface area contributed by atoms with Crippen LogP contribution in [0.15, 0.2) is 53.0 Å². The second-order valence-corrected chi connectivity index (χ2v) is 5.47. The van der Waals surface area contributed by atoms with Gasteiger partial charge in [0.15, 0.2) is 0 Å². The summed E-state index contributed by atoms with van der Waals surface area (Å²) in [7, 11) is 0. The number of nitrogens with one attached hydrogen (secondary N) is 1. The summed E-state index contributed by atoms with van der Waals surface area (Å²) in [6.07, 6.45) is 0. The maximum atomic E-state index is 13.2. The lowest BCUT2D eigenvalue weighted by atomic mass is 9.96. The van der Waals surface area contributed by atoms with Gasteiger partial charge in [0.2, 0.25) is 0 Å². The van der Waals surface area contributed by atoms with Crippen molar-refractivity contribution < 1.29 is 9.50 Å². The van der Waals surface area contributed by atoms with Crippen molar-refractivity contribution in [3.63, 3.8) is 0 Å². The van der Waals surface area contributed by atoms with Crippen LogP contribution in [-0.2, 0) is 5.60 Å². The van der Waals surface area contributed by atoms with Crippen LogP contribution >= 0.6 is 15.9 Å². The molecule has 1 unspecified atom stereocenters. The predicted octanol–water partition coefficient (Wildman–Crippen LogP) is 3.91. The van der Waals surface area contributed by atoms with Crippen LogP contribution in [0.5, 0.6) is 0 Å². The number of aliphatic hydroxyl groups is 1. The molecule has 2 rings (SSSR count). The van der Waals surface area contributed by atoms with Crippen molar-refractivity contribution in [1.29, 1.82) is 0 Å². The normalized spacial score (nSPS) is 13.9. The Morgan fingerprint density at radius 1 is 1.21 bits per heavy atom. The SMILES string of the molecule is CC(O)(CNc1cc(F)ccc1Br)c1ccccc1. The topological polar surface area (TPSA) is 32.3 Å². The Morgan fingerprint density at radius 2 is 1.89 bits per heavy atom. The lowest BCUT2D eigenvalue weighted by molar-refractivity contribution is 0.0715. The molecular formula is C15H15BrFNO. The number of rotatable bonds is 4. The maximum Gasteiger partial charge on any atom is 0.125 e. The molecule has 0 saturated carbocycles. The van der Waals surface area contributed by atoms with E-state index < -0.39 is 5.60 Å². The van der Waals surface area contributed by atoms with E-state index in [1.54, 1.807) is 13.0 Å². The van der Waals surface area contributed by atoms with Crippen molar-refractivity contribution in [2.45, 2.75) is 12.5 Å². The van der Waals surface area contributed by atoms with Gasteiger partial charge >= 0.3 is 0 Å². The standard InChI is InChI=1S/C15H15BrFNO/c1-15(19,11-5-3-2-4-6-11)10-18-14-9-12(17)7-8-13(14)16/h2-9,18-19H,10H2,1H3. The van der Waals surface area contributed by atoms with Crippen LogP contribution in [-0.4, -0.2) is 11.7 Å². The van der Waals surface area contributed by atoms with E-state index in [4.69, 9.17) is 0 Å². The Morgan fingerprint density at radius 3 is 2.58 bits per heavy atom. The molecule has 0 heterocycles. The van der Waals surface area contributed by atoms with E-state index in [-0.39, 0.29) is 5.82 Å². The molecule has 100 valence electrons. The zero-order valence-corrected chi connectivity index (χ0v) is 12.1. The smallest absolute Gasteiger partial charge is 0.125 e. The van der Waals surface area contributed by atoms with E-state index in [0.29, 0.717) is 12.2 Å². The number of hydrogen-bond donors (Lipinski definition) is 2. The summed E-state index contributed by atoms with van der Waals surface area (Å²) in [5, 5.41) is 13.5. The first-order chi connectivity index (χ1) is 8.99. The van der Waals surface area contributed by atoms with Gasteiger partial charge in [-0.15, -0.1) is 0 Å². The Hall–Kier alpha value is -1.39. The Balaban J connectivity index is 2.12. The third-order valence-electron chi connectivity index (χ3n) is 2.95. The van der Waals surface area contributed by atoms with Crippen LogP contribution in [0, 0.1) is 5.82 Å². The molecule has 1 atom stereocenters. The van der Waals surface area contributed by atoms with Gasteiger partial charge in [0, 0.05) is 11.0 Å². The summed E-state index contributed by atoms with van der Waals surface area (Å²) in [6, 6.07) is 13.8. The Bertz CT molecular complexity index is 557. The molecule has 0 aliphatic rings. The number of benzene rings is 2. The van der Waals surface area contributed by atoms with Gasteiger partial charge < -0.3 is 10.4 Å². The van der Waals surface area contributed by atoms with Crippen molar-refractivity contribution in [2.24, 2.45) is 0 Å². The second kappa shape index (κ2) is 5.72. The monoisotopic (exact) mass is 323 g/mol. The summed E-state index contributed by atoms with van der Waals surface area (Å²) in [4.78, 5) is 0. The summed E-state index contributed by atoms with van der Waals surface area (Å²) in [5.41, 5.74) is 0.416. The minimum absolute atomic E-state index is 0.291. The van der Waals surface area contributed by atoms with Gasteiger partial charge in [0.1, 0.15) is 11.4 Å². The molecule has 2 aromatic rings. The van der Waals surface area contributed by atoms with Crippen LogP contribution in [0.4, 0.5) is 10.1 Å². The van der Waals surface area contributed by atoms with Gasteiger partial charge in [-0.05, 0) is 46.6 Å². The van der Waals surface area contributed by atoms with Crippen LogP contribution < -0.4 is 5.32 Å². The molecule has 0 bridgehead atoms. The lowest BCUT2D eigenvalue weighted by Crippen LogP contribution is -2.30. The molecule has 0 aliphatic carbocycles. The summed E-state index contributed by atoms with van der Waals surface area (Å²) in [5.74, 6) is -0.315. The van der Waals surface area contributed by atoms with Gasteiger partial charge in [-0.3, -0.25) is 0 Å². The van der Waals surface area contributed by atoms with Gasteiger partial charge in [0.25, 0.3) is 0 Å². The van der Waals surface area contributed by atoms with E-state index in [0.717, 1.165) is 10.0 Å². The molecule has 0 spiro atoms. The van der Waals surface area contributed by atoms with E-state index in [1.165, 1.54) is 12.1 Å². The van der Waals surface area contributed by atoms with Gasteiger partial charge in [-0.25, -0.2) is 4.39 Å². The average molecular weight is 324 g/mol. The molecule has 0 saturated heterocycles. The average Bonchev–Trinajstić information content (AvgIpc) is 2.41. The molecule has 0 fully saturated rings. The van der Waals surface area contributed by atoms with E-state index in [9.17, 15) is 9.50 Å². The summed E-state index contributed by atoms with van der Waals surface area (Å²) >= 11 is 3.34. The van der Waals surface area contributed by atoms with E-state index >= 15 is 0 Å². The highest BCUT2D eigenvalue weighted by molar-refractivity contribution is 9.10. The molecule has 4 heteroatoms. The molecular weight excluding hydrogens is 309 g/mol. The Labute approximate surface area is 120 Å².